The van der Waals surface area contributed by atoms with Gasteiger partial charge < -0.3 is 10.4 Å². The van der Waals surface area contributed by atoms with Gasteiger partial charge in [0.25, 0.3) is 0 Å². The molecular formula is C8H6BrN3O2. The smallest absolute Gasteiger partial charge is 0.355 e. The molecule has 14 heavy (non-hydrogen) atoms. The molecule has 0 aliphatic rings. The maximum Gasteiger partial charge on any atom is 0.355 e. The highest BCUT2D eigenvalue weighted by molar-refractivity contribution is 9.10. The summed E-state index contributed by atoms with van der Waals surface area (Å²) in [6.45, 7) is 0.251. The molecule has 0 bridgehead atoms. The average Bonchev–Trinajstić information content (AvgIpc) is 2.16. The maximum atomic E-state index is 10.7. The number of hydrogen-bond donors (Lipinski definition) is 2. The minimum Gasteiger partial charge on any atom is -0.476 e. The first-order valence-corrected chi connectivity index (χ1v) is 4.37. The van der Waals surface area contributed by atoms with Gasteiger partial charge in [0.05, 0.1) is 11.0 Å². The third kappa shape index (κ3) is 2.44. The number of nitrogens with zero attached hydrogens (tertiary/aromatic N) is 2. The number of terminal acetylenes is 1. The van der Waals surface area contributed by atoms with Crippen LogP contribution in [0.4, 0.5) is 5.95 Å². The number of carboxylic acid groups (broad SMARTS) is 1. The van der Waals surface area contributed by atoms with Crippen LogP contribution in [0.3, 0.4) is 0 Å². The van der Waals surface area contributed by atoms with Crippen LogP contribution in [0.5, 0.6) is 0 Å². The summed E-state index contributed by atoms with van der Waals surface area (Å²) in [4.78, 5) is 18.2. The number of halogens is 1. The van der Waals surface area contributed by atoms with Gasteiger partial charge in [0.1, 0.15) is 0 Å². The van der Waals surface area contributed by atoms with Gasteiger partial charge >= 0.3 is 5.97 Å². The van der Waals surface area contributed by atoms with Crippen molar-refractivity contribution in [2.45, 2.75) is 0 Å². The van der Waals surface area contributed by atoms with Crippen molar-refractivity contribution in [3.05, 3.63) is 16.4 Å². The second kappa shape index (κ2) is 4.58. The Morgan fingerprint density at radius 1 is 1.79 bits per heavy atom. The molecule has 0 saturated heterocycles. The van der Waals surface area contributed by atoms with Crippen LogP contribution >= 0.6 is 15.9 Å². The summed E-state index contributed by atoms with van der Waals surface area (Å²) in [5, 5.41) is 11.4. The molecule has 6 heteroatoms. The third-order valence-corrected chi connectivity index (χ3v) is 1.88. The van der Waals surface area contributed by atoms with Crippen molar-refractivity contribution >= 4 is 27.8 Å². The first-order valence-electron chi connectivity index (χ1n) is 3.58. The van der Waals surface area contributed by atoms with Crippen LogP contribution in [0.15, 0.2) is 10.7 Å². The molecule has 1 aromatic heterocycles. The Labute approximate surface area is 88.7 Å². The second-order valence-electron chi connectivity index (χ2n) is 2.25. The zero-order valence-electron chi connectivity index (χ0n) is 6.99. The Kier molecular flexibility index (Phi) is 3.42. The Hall–Kier alpha value is -1.61. The van der Waals surface area contributed by atoms with Crippen LogP contribution in [0, 0.1) is 12.3 Å². The molecule has 0 unspecified atom stereocenters. The highest BCUT2D eigenvalue weighted by Crippen LogP contribution is 2.14. The monoisotopic (exact) mass is 255 g/mol. The molecule has 0 atom stereocenters. The lowest BCUT2D eigenvalue weighted by molar-refractivity contribution is 0.0689. The van der Waals surface area contributed by atoms with E-state index >= 15 is 0 Å². The van der Waals surface area contributed by atoms with E-state index in [-0.39, 0.29) is 18.2 Å². The molecule has 5 nitrogen and oxygen atoms in total. The first-order chi connectivity index (χ1) is 6.65. The van der Waals surface area contributed by atoms with E-state index in [4.69, 9.17) is 11.5 Å². The molecule has 2 N–H and O–H groups in total. The Bertz CT molecular complexity index is 400. The molecule has 0 saturated carbocycles. The minimum absolute atomic E-state index is 0.0977. The van der Waals surface area contributed by atoms with Gasteiger partial charge in [0.15, 0.2) is 5.69 Å². The highest BCUT2D eigenvalue weighted by Gasteiger charge is 2.11. The molecule has 0 spiro atoms. The van der Waals surface area contributed by atoms with Crippen LogP contribution in [-0.4, -0.2) is 27.6 Å². The van der Waals surface area contributed by atoms with Crippen LogP contribution in [0.2, 0.25) is 0 Å². The predicted molar refractivity (Wildman–Crippen MR) is 54.0 cm³/mol. The molecule has 0 fully saturated rings. The molecule has 0 aliphatic carbocycles. The van der Waals surface area contributed by atoms with Gasteiger partial charge in [-0.3, -0.25) is 0 Å². The van der Waals surface area contributed by atoms with Gasteiger partial charge in [0, 0.05) is 6.20 Å². The average molecular weight is 256 g/mol. The number of hydrogen-bond acceptors (Lipinski definition) is 4. The van der Waals surface area contributed by atoms with Crippen LogP contribution < -0.4 is 5.32 Å². The molecule has 0 aromatic carbocycles. The Balaban J connectivity index is 2.96. The number of nitrogens with one attached hydrogen (secondary N) is 1. The summed E-state index contributed by atoms with van der Waals surface area (Å²) in [6, 6.07) is 0. The van der Waals surface area contributed by atoms with E-state index in [1.807, 2.05) is 0 Å². The van der Waals surface area contributed by atoms with Crippen LogP contribution in [0.1, 0.15) is 10.5 Å². The topological polar surface area (TPSA) is 75.1 Å². The molecule has 0 aliphatic heterocycles. The van der Waals surface area contributed by atoms with Crippen molar-refractivity contribution in [3.8, 4) is 12.3 Å². The fourth-order valence-electron chi connectivity index (χ4n) is 0.732. The van der Waals surface area contributed by atoms with Gasteiger partial charge in [-0.2, -0.15) is 0 Å². The Morgan fingerprint density at radius 2 is 2.50 bits per heavy atom. The van der Waals surface area contributed by atoms with E-state index in [9.17, 15) is 4.79 Å². The summed E-state index contributed by atoms with van der Waals surface area (Å²) in [7, 11) is 0. The quantitative estimate of drug-likeness (QED) is 0.788. The second-order valence-corrected chi connectivity index (χ2v) is 3.11. The summed E-state index contributed by atoms with van der Waals surface area (Å²) < 4.78 is 0.330. The lowest BCUT2D eigenvalue weighted by atomic mass is 10.4. The van der Waals surface area contributed by atoms with Crippen molar-refractivity contribution in [2.75, 3.05) is 11.9 Å². The molecule has 0 amide bonds. The summed E-state index contributed by atoms with van der Waals surface area (Å²) >= 11 is 3.03. The van der Waals surface area contributed by atoms with Crippen LogP contribution in [-0.2, 0) is 0 Å². The number of aromatic carboxylic acids is 1. The van der Waals surface area contributed by atoms with E-state index < -0.39 is 5.97 Å². The van der Waals surface area contributed by atoms with Crippen molar-refractivity contribution < 1.29 is 9.90 Å². The lowest BCUT2D eigenvalue weighted by Gasteiger charge is -2.02. The first kappa shape index (κ1) is 10.5. The number of anilines is 1. The molecule has 0 radical (unpaired) electrons. The van der Waals surface area contributed by atoms with Crippen molar-refractivity contribution in [3.63, 3.8) is 0 Å². The summed E-state index contributed by atoms with van der Waals surface area (Å²) in [5.41, 5.74) is -0.0977. The van der Waals surface area contributed by atoms with Gasteiger partial charge in [-0.05, 0) is 15.9 Å². The van der Waals surface area contributed by atoms with E-state index in [1.165, 1.54) is 6.20 Å². The molecule has 1 heterocycles. The SMILES string of the molecule is C#CCNc1ncc(Br)c(C(=O)O)n1. The maximum absolute atomic E-state index is 10.7. The molecule has 1 aromatic rings. The van der Waals surface area contributed by atoms with Gasteiger partial charge in [-0.25, -0.2) is 14.8 Å². The Morgan fingerprint density at radius 3 is 3.07 bits per heavy atom. The van der Waals surface area contributed by atoms with Crippen molar-refractivity contribution in [1.29, 1.82) is 0 Å². The molecule has 72 valence electrons. The van der Waals surface area contributed by atoms with Crippen LogP contribution in [0.25, 0.3) is 0 Å². The lowest BCUT2D eigenvalue weighted by Crippen LogP contribution is -2.08. The van der Waals surface area contributed by atoms with Crippen molar-refractivity contribution in [1.82, 2.24) is 9.97 Å². The zero-order valence-corrected chi connectivity index (χ0v) is 8.58. The minimum atomic E-state index is -1.12. The number of carboxylic acids is 1. The summed E-state index contributed by atoms with van der Waals surface area (Å²) in [6.07, 6.45) is 6.37. The zero-order chi connectivity index (χ0) is 10.6. The fraction of sp³-hybridized carbons (Fsp3) is 0.125. The van der Waals surface area contributed by atoms with Gasteiger partial charge in [-0.1, -0.05) is 5.92 Å². The normalized spacial score (nSPS) is 9.14. The van der Waals surface area contributed by atoms with E-state index in [0.29, 0.717) is 4.47 Å². The molecular weight excluding hydrogens is 250 g/mol. The fourth-order valence-corrected chi connectivity index (χ4v) is 1.09. The summed E-state index contributed by atoms with van der Waals surface area (Å²) in [5.74, 6) is 1.40. The largest absolute Gasteiger partial charge is 0.476 e. The molecule has 1 rings (SSSR count). The van der Waals surface area contributed by atoms with Crippen molar-refractivity contribution in [2.24, 2.45) is 0 Å². The number of rotatable bonds is 3. The van der Waals surface area contributed by atoms with E-state index in [0.717, 1.165) is 0 Å². The highest BCUT2D eigenvalue weighted by atomic mass is 79.9. The third-order valence-electron chi connectivity index (χ3n) is 1.30. The van der Waals surface area contributed by atoms with Gasteiger partial charge in [0.2, 0.25) is 5.95 Å². The van der Waals surface area contributed by atoms with E-state index in [1.54, 1.807) is 0 Å². The van der Waals surface area contributed by atoms with E-state index in [2.05, 4.69) is 37.1 Å². The number of carbonyl (C=O) groups is 1. The van der Waals surface area contributed by atoms with Gasteiger partial charge in [-0.15, -0.1) is 6.42 Å². The standard InChI is InChI=1S/C8H6BrN3O2/c1-2-3-10-8-11-4-5(9)6(12-8)7(13)14/h1,4H,3H2,(H,13,14)(H,10,11,12). The predicted octanol–water partition coefficient (Wildman–Crippen LogP) is 0.982. The number of aromatic nitrogens is 2.